The summed E-state index contributed by atoms with van der Waals surface area (Å²) in [5.41, 5.74) is 24.1. The number of benzene rings is 6. The van der Waals surface area contributed by atoms with Crippen LogP contribution in [0.25, 0.3) is 0 Å². The highest BCUT2D eigenvalue weighted by Gasteiger charge is 2.28. The molecule has 2 atom stereocenters. The van der Waals surface area contributed by atoms with E-state index >= 15 is 0 Å². The number of urea groups is 2. The summed E-state index contributed by atoms with van der Waals surface area (Å²) in [5, 5.41) is 14.3. The summed E-state index contributed by atoms with van der Waals surface area (Å²) in [5.74, 6) is 0. The van der Waals surface area contributed by atoms with E-state index < -0.39 is 0 Å². The second kappa shape index (κ2) is 23.2. The van der Waals surface area contributed by atoms with Crippen LogP contribution in [0.5, 0.6) is 0 Å². The van der Waals surface area contributed by atoms with Gasteiger partial charge in [-0.25, -0.2) is 9.59 Å². The van der Waals surface area contributed by atoms with E-state index in [4.69, 9.17) is 46.3 Å². The molecule has 0 aliphatic heterocycles. The van der Waals surface area contributed by atoms with E-state index in [0.717, 1.165) is 56.1 Å². The number of anilines is 8. The first-order valence-corrected chi connectivity index (χ1v) is 23.1. The van der Waals surface area contributed by atoms with E-state index in [1.54, 1.807) is 21.9 Å². The van der Waals surface area contributed by atoms with E-state index in [1.807, 2.05) is 159 Å². The van der Waals surface area contributed by atoms with Gasteiger partial charge in [-0.2, -0.15) is 0 Å². The first kappa shape index (κ1) is 49.9. The zero-order valence-electron chi connectivity index (χ0n) is 38.5. The fraction of sp³-hybridized carbons (Fsp3) is 0.269. The van der Waals surface area contributed by atoms with Gasteiger partial charge >= 0.3 is 12.1 Å². The number of amides is 4. The van der Waals surface area contributed by atoms with Crippen molar-refractivity contribution in [2.24, 2.45) is 0 Å². The second-order valence-corrected chi connectivity index (χ2v) is 16.7. The smallest absolute Gasteiger partial charge is 0.326 e. The van der Waals surface area contributed by atoms with Gasteiger partial charge in [-0.1, -0.05) is 105 Å². The predicted molar refractivity (Wildman–Crippen MR) is 279 cm³/mol. The van der Waals surface area contributed by atoms with Crippen molar-refractivity contribution in [2.45, 2.75) is 79.3 Å². The highest BCUT2D eigenvalue weighted by Crippen LogP contribution is 2.38. The van der Waals surface area contributed by atoms with Crippen LogP contribution in [0, 0.1) is 0 Å². The molecule has 0 aromatic heterocycles. The molecule has 13 heteroatoms. The van der Waals surface area contributed by atoms with Crippen molar-refractivity contribution in [3.63, 3.8) is 0 Å². The van der Waals surface area contributed by atoms with Gasteiger partial charge in [0.25, 0.3) is 0 Å². The Morgan fingerprint density at radius 1 is 0.523 bits per heavy atom. The molecule has 6 aromatic rings. The average molecular weight is 936 g/mol. The number of rotatable bonds is 14. The van der Waals surface area contributed by atoms with Crippen molar-refractivity contribution < 1.29 is 9.59 Å². The van der Waals surface area contributed by atoms with Gasteiger partial charge < -0.3 is 32.7 Å². The first-order chi connectivity index (χ1) is 31.2. The van der Waals surface area contributed by atoms with Crippen molar-refractivity contribution in [2.75, 3.05) is 56.6 Å². The fourth-order valence-corrected chi connectivity index (χ4v) is 8.80. The van der Waals surface area contributed by atoms with E-state index in [2.05, 4.69) is 21.3 Å². The Balaban J connectivity index is 0.000000244. The van der Waals surface area contributed by atoms with Crippen LogP contribution in [0.15, 0.2) is 115 Å². The summed E-state index contributed by atoms with van der Waals surface area (Å²) >= 11 is 19.1. The first-order valence-electron chi connectivity index (χ1n) is 22.0. The van der Waals surface area contributed by atoms with Crippen LogP contribution in [-0.4, -0.2) is 26.2 Å². The second-order valence-electron chi connectivity index (χ2n) is 15.5. The number of nitrogens with one attached hydrogen (secondary N) is 4. The standard InChI is InChI=1S/C26H30Cl2N4O.C26H31ClN4O/c1-5-21-23(28)15-24(29)22(6-2)25(21)31-26(33)32(20-13-11-19(30-4)12-14-20)16(3)17-7-9-18(27)10-8-17;1-5-21-23(27)16-24(28)22(6-2)25(21)30-26(32)31(17(3)18-10-8-7-9-11-18)20-14-12-19(29-4)13-15-20/h7-16,30H,5-6,29H2,1-4H3,(H,31,33);7-17,29H,5-6,28H2,1-4H3,(H,30,32)/t16-;/m0./s1. The van der Waals surface area contributed by atoms with Crippen LogP contribution in [0.1, 0.15) is 87.0 Å². The molecule has 0 aliphatic rings. The number of nitrogens with zero attached hydrogens (tertiary/aromatic N) is 2. The molecule has 6 aromatic carbocycles. The maximum atomic E-state index is 13.8. The molecule has 0 spiro atoms. The normalized spacial score (nSPS) is 11.7. The van der Waals surface area contributed by atoms with Crippen molar-refractivity contribution in [3.8, 4) is 0 Å². The topological polar surface area (TPSA) is 141 Å². The lowest BCUT2D eigenvalue weighted by molar-refractivity contribution is 0.254. The van der Waals surface area contributed by atoms with Crippen LogP contribution in [-0.2, 0) is 25.7 Å². The summed E-state index contributed by atoms with van der Waals surface area (Å²) in [7, 11) is 3.73. The molecule has 0 saturated carbocycles. The van der Waals surface area contributed by atoms with Crippen LogP contribution in [0.2, 0.25) is 15.1 Å². The number of nitrogen functional groups attached to an aromatic ring is 2. The summed E-state index contributed by atoms with van der Waals surface area (Å²) in [4.78, 5) is 31.1. The van der Waals surface area contributed by atoms with E-state index in [0.29, 0.717) is 63.5 Å². The molecular weight excluding hydrogens is 875 g/mol. The third-order valence-electron chi connectivity index (χ3n) is 11.6. The van der Waals surface area contributed by atoms with Crippen LogP contribution >= 0.6 is 34.8 Å². The zero-order chi connectivity index (χ0) is 47.4. The molecule has 0 heterocycles. The SMILES string of the molecule is CCc1c(N)cc(Cl)c(CC)c1NC(=O)N(c1ccc(NC)cc1)C(C)c1ccccc1.CCc1c(N)cc(Cl)c(CC)c1NC(=O)N(c1ccc(NC)cc1)[C@@H](C)c1ccc(Cl)cc1. The van der Waals surface area contributed by atoms with Crippen molar-refractivity contribution >= 4 is 92.4 Å². The lowest BCUT2D eigenvalue weighted by Crippen LogP contribution is -2.37. The number of hydrogen-bond acceptors (Lipinski definition) is 6. The zero-order valence-corrected chi connectivity index (χ0v) is 40.7. The molecule has 6 rings (SSSR count). The molecule has 0 bridgehead atoms. The van der Waals surface area contributed by atoms with Gasteiger partial charge in [-0.3, -0.25) is 9.80 Å². The quantitative estimate of drug-likeness (QED) is 0.0601. The molecule has 0 saturated heterocycles. The molecular formula is C52H61Cl3N8O2. The number of carbonyl (C=O) groups excluding carboxylic acids is 2. The van der Waals surface area contributed by atoms with Gasteiger partial charge in [-0.15, -0.1) is 0 Å². The van der Waals surface area contributed by atoms with Gasteiger partial charge in [0.05, 0.1) is 23.5 Å². The minimum atomic E-state index is -0.263. The molecule has 4 amide bonds. The Kier molecular flexibility index (Phi) is 17.8. The maximum Gasteiger partial charge on any atom is 0.326 e. The third-order valence-corrected chi connectivity index (χ3v) is 12.6. The van der Waals surface area contributed by atoms with E-state index in [1.165, 1.54) is 0 Å². The Morgan fingerprint density at radius 3 is 1.22 bits per heavy atom. The van der Waals surface area contributed by atoms with Crippen molar-refractivity contribution in [1.29, 1.82) is 0 Å². The van der Waals surface area contributed by atoms with Gasteiger partial charge in [-0.05, 0) is 146 Å². The van der Waals surface area contributed by atoms with Gasteiger partial charge in [0.15, 0.2) is 0 Å². The van der Waals surface area contributed by atoms with Crippen LogP contribution in [0.3, 0.4) is 0 Å². The summed E-state index contributed by atoms with van der Waals surface area (Å²) in [6, 6.07) is 35.6. The average Bonchev–Trinajstić information content (AvgIpc) is 3.30. The summed E-state index contributed by atoms with van der Waals surface area (Å²) in [6.45, 7) is 12.1. The minimum absolute atomic E-state index is 0.191. The largest absolute Gasteiger partial charge is 0.398 e. The molecule has 10 nitrogen and oxygen atoms in total. The molecule has 0 radical (unpaired) electrons. The lowest BCUT2D eigenvalue weighted by atomic mass is 10.0. The monoisotopic (exact) mass is 934 g/mol. The minimum Gasteiger partial charge on any atom is -0.398 e. The van der Waals surface area contributed by atoms with Crippen molar-refractivity contribution in [1.82, 2.24) is 0 Å². The number of hydrogen-bond donors (Lipinski definition) is 6. The predicted octanol–water partition coefficient (Wildman–Crippen LogP) is 14.4. The van der Waals surface area contributed by atoms with Gasteiger partial charge in [0.1, 0.15) is 0 Å². The summed E-state index contributed by atoms with van der Waals surface area (Å²) in [6.07, 6.45) is 2.73. The fourth-order valence-electron chi connectivity index (χ4n) is 7.98. The molecule has 1 unspecified atom stereocenters. The Morgan fingerprint density at radius 2 is 0.877 bits per heavy atom. The van der Waals surface area contributed by atoms with Crippen LogP contribution < -0.4 is 42.5 Å². The van der Waals surface area contributed by atoms with E-state index in [-0.39, 0.29) is 24.1 Å². The molecule has 0 fully saturated rings. The number of carbonyl (C=O) groups is 2. The maximum absolute atomic E-state index is 13.8. The Labute approximate surface area is 399 Å². The van der Waals surface area contributed by atoms with Gasteiger partial charge in [0.2, 0.25) is 0 Å². The molecule has 65 heavy (non-hydrogen) atoms. The Bertz CT molecular complexity index is 2480. The van der Waals surface area contributed by atoms with E-state index in [9.17, 15) is 9.59 Å². The van der Waals surface area contributed by atoms with Crippen LogP contribution in [0.4, 0.5) is 55.1 Å². The number of nitrogens with two attached hydrogens (primary N) is 2. The highest BCUT2D eigenvalue weighted by atomic mass is 35.5. The molecule has 8 N–H and O–H groups in total. The highest BCUT2D eigenvalue weighted by molar-refractivity contribution is 6.33. The number of halogens is 3. The third kappa shape index (κ3) is 11.8. The molecule has 342 valence electrons. The molecule has 0 aliphatic carbocycles. The Hall–Kier alpha value is -6.07. The summed E-state index contributed by atoms with van der Waals surface area (Å²) < 4.78 is 0. The van der Waals surface area contributed by atoms with Crippen molar-refractivity contribution in [3.05, 3.63) is 164 Å². The van der Waals surface area contributed by atoms with Gasteiger partial charge in [0, 0.05) is 63.3 Å². The lowest BCUT2D eigenvalue weighted by Gasteiger charge is -2.31.